The predicted molar refractivity (Wildman–Crippen MR) is 263 cm³/mol. The van der Waals surface area contributed by atoms with E-state index in [1.54, 1.807) is 0 Å². The molecule has 1 heterocycles. The van der Waals surface area contributed by atoms with E-state index in [2.05, 4.69) is 235 Å². The molecule has 12 rings (SSSR count). The van der Waals surface area contributed by atoms with Crippen LogP contribution < -0.4 is 4.90 Å². The Hall–Kier alpha value is -8.20. The summed E-state index contributed by atoms with van der Waals surface area (Å²) >= 11 is 0. The van der Waals surface area contributed by atoms with E-state index in [4.69, 9.17) is 4.42 Å². The lowest BCUT2D eigenvalue weighted by molar-refractivity contribution is 0.670. The molecule has 11 aromatic carbocycles. The first-order chi connectivity index (χ1) is 30.7. The van der Waals surface area contributed by atoms with Crippen LogP contribution in [0.15, 0.2) is 241 Å². The highest BCUT2D eigenvalue weighted by Gasteiger charge is 2.22. The van der Waals surface area contributed by atoms with E-state index in [0.29, 0.717) is 0 Å². The molecule has 2 heteroatoms. The van der Waals surface area contributed by atoms with Gasteiger partial charge in [0.25, 0.3) is 0 Å². The lowest BCUT2D eigenvalue weighted by atomic mass is 9.92. The molecule has 62 heavy (non-hydrogen) atoms. The minimum Gasteiger partial charge on any atom is -0.455 e. The quantitative estimate of drug-likeness (QED) is 0.150. The largest absolute Gasteiger partial charge is 0.455 e. The van der Waals surface area contributed by atoms with Crippen molar-refractivity contribution >= 4 is 71.3 Å². The molecule has 2 nitrogen and oxygen atoms in total. The molecule has 0 saturated heterocycles. The normalized spacial score (nSPS) is 11.5. The van der Waals surface area contributed by atoms with Crippen molar-refractivity contribution in [2.75, 3.05) is 4.90 Å². The van der Waals surface area contributed by atoms with Crippen LogP contribution in [0.4, 0.5) is 17.1 Å². The standard InChI is InChI=1S/C60H39NO/c1-3-14-40(15-4-1)44-18-13-19-45(38-44)41-26-31-47(32-27-41)61(57-37-36-49(43-16-5-2-6-17-43)60-59(57)55-24-11-12-25-58(55)62-60)48-33-28-42(29-34-48)46-30-35-54-52-22-8-7-20-50(52)51-21-9-10-23-53(51)56(54)39-46/h1-39H. The number of furan rings is 1. The van der Waals surface area contributed by atoms with E-state index in [1.165, 1.54) is 60.1 Å². The van der Waals surface area contributed by atoms with Crippen LogP contribution in [-0.4, -0.2) is 0 Å². The molecule has 0 aliphatic rings. The van der Waals surface area contributed by atoms with Gasteiger partial charge in [-0.05, 0) is 126 Å². The Kier molecular flexibility index (Phi) is 8.53. The predicted octanol–water partition coefficient (Wildman–Crippen LogP) is 17.2. The summed E-state index contributed by atoms with van der Waals surface area (Å²) < 4.78 is 6.77. The number of fused-ring (bicyclic) bond motifs is 9. The monoisotopic (exact) mass is 789 g/mol. The van der Waals surface area contributed by atoms with Gasteiger partial charge < -0.3 is 9.32 Å². The molecule has 290 valence electrons. The zero-order valence-corrected chi connectivity index (χ0v) is 33.9. The number of hydrogen-bond donors (Lipinski definition) is 0. The summed E-state index contributed by atoms with van der Waals surface area (Å²) in [6.07, 6.45) is 0. The number of benzene rings is 11. The first kappa shape index (κ1) is 35.7. The maximum absolute atomic E-state index is 6.77. The topological polar surface area (TPSA) is 16.4 Å². The van der Waals surface area contributed by atoms with E-state index in [9.17, 15) is 0 Å². The smallest absolute Gasteiger partial charge is 0.145 e. The van der Waals surface area contributed by atoms with Crippen LogP contribution in [-0.2, 0) is 0 Å². The van der Waals surface area contributed by atoms with Gasteiger partial charge in [-0.1, -0.05) is 182 Å². The van der Waals surface area contributed by atoms with E-state index in [0.717, 1.165) is 55.7 Å². The number of nitrogens with zero attached hydrogens (tertiary/aromatic N) is 1. The molecule has 0 N–H and O–H groups in total. The van der Waals surface area contributed by atoms with Crippen molar-refractivity contribution < 1.29 is 4.42 Å². The van der Waals surface area contributed by atoms with E-state index in [1.807, 2.05) is 6.07 Å². The molecule has 0 amide bonds. The van der Waals surface area contributed by atoms with Crippen molar-refractivity contribution in [3.8, 4) is 44.5 Å². The summed E-state index contributed by atoms with van der Waals surface area (Å²) in [4.78, 5) is 2.38. The van der Waals surface area contributed by atoms with Crippen LogP contribution in [0.5, 0.6) is 0 Å². The molecule has 0 unspecified atom stereocenters. The average molecular weight is 790 g/mol. The fourth-order valence-corrected chi connectivity index (χ4v) is 9.47. The minimum atomic E-state index is 0.868. The summed E-state index contributed by atoms with van der Waals surface area (Å²) in [7, 11) is 0. The van der Waals surface area contributed by atoms with Gasteiger partial charge in [0.1, 0.15) is 11.2 Å². The summed E-state index contributed by atoms with van der Waals surface area (Å²) in [5.41, 5.74) is 14.2. The molecule has 0 bridgehead atoms. The van der Waals surface area contributed by atoms with Gasteiger partial charge in [-0.15, -0.1) is 0 Å². The second-order valence-electron chi connectivity index (χ2n) is 16.0. The van der Waals surface area contributed by atoms with Gasteiger partial charge in [0.15, 0.2) is 0 Å². The molecular weight excluding hydrogens is 751 g/mol. The first-order valence-corrected chi connectivity index (χ1v) is 21.2. The lowest BCUT2D eigenvalue weighted by Gasteiger charge is -2.27. The van der Waals surface area contributed by atoms with Gasteiger partial charge in [0.05, 0.1) is 11.1 Å². The summed E-state index contributed by atoms with van der Waals surface area (Å²) in [6.45, 7) is 0. The molecule has 0 fully saturated rings. The maximum atomic E-state index is 6.77. The van der Waals surface area contributed by atoms with Gasteiger partial charge in [0, 0.05) is 22.3 Å². The highest BCUT2D eigenvalue weighted by molar-refractivity contribution is 6.26. The Balaban J connectivity index is 1.01. The summed E-state index contributed by atoms with van der Waals surface area (Å²) in [6, 6.07) is 85.3. The Labute approximate surface area is 360 Å². The van der Waals surface area contributed by atoms with Crippen molar-refractivity contribution in [2.45, 2.75) is 0 Å². The zero-order valence-electron chi connectivity index (χ0n) is 33.9. The third kappa shape index (κ3) is 6.04. The molecule has 0 aliphatic heterocycles. The van der Waals surface area contributed by atoms with Crippen LogP contribution in [0.2, 0.25) is 0 Å². The average Bonchev–Trinajstić information content (AvgIpc) is 3.75. The highest BCUT2D eigenvalue weighted by Crippen LogP contribution is 2.47. The fraction of sp³-hybridized carbons (Fsp3) is 0. The molecule has 0 atom stereocenters. The number of hydrogen-bond acceptors (Lipinski definition) is 2. The Morgan fingerprint density at radius 2 is 0.710 bits per heavy atom. The third-order valence-electron chi connectivity index (χ3n) is 12.5. The molecule has 12 aromatic rings. The zero-order chi connectivity index (χ0) is 41.0. The summed E-state index contributed by atoms with van der Waals surface area (Å²) in [5.74, 6) is 0. The van der Waals surface area contributed by atoms with Crippen LogP contribution in [0.3, 0.4) is 0 Å². The van der Waals surface area contributed by atoms with Crippen molar-refractivity contribution in [3.05, 3.63) is 237 Å². The maximum Gasteiger partial charge on any atom is 0.145 e. The van der Waals surface area contributed by atoms with Crippen molar-refractivity contribution in [3.63, 3.8) is 0 Å². The van der Waals surface area contributed by atoms with Crippen LogP contribution in [0, 0.1) is 0 Å². The molecular formula is C60H39NO. The fourth-order valence-electron chi connectivity index (χ4n) is 9.47. The van der Waals surface area contributed by atoms with E-state index >= 15 is 0 Å². The first-order valence-electron chi connectivity index (χ1n) is 21.2. The van der Waals surface area contributed by atoms with Gasteiger partial charge >= 0.3 is 0 Å². The molecule has 0 spiro atoms. The van der Waals surface area contributed by atoms with Gasteiger partial charge in [-0.2, -0.15) is 0 Å². The molecule has 0 saturated carbocycles. The summed E-state index contributed by atoms with van der Waals surface area (Å²) in [5, 5.41) is 9.84. The second kappa shape index (κ2) is 14.8. The highest BCUT2D eigenvalue weighted by atomic mass is 16.3. The third-order valence-corrected chi connectivity index (χ3v) is 12.5. The van der Waals surface area contributed by atoms with E-state index < -0.39 is 0 Å². The van der Waals surface area contributed by atoms with Gasteiger partial charge in [-0.25, -0.2) is 0 Å². The molecule has 0 radical (unpaired) electrons. The number of rotatable bonds is 7. The number of anilines is 3. The van der Waals surface area contributed by atoms with Crippen LogP contribution in [0.1, 0.15) is 0 Å². The van der Waals surface area contributed by atoms with Gasteiger partial charge in [0.2, 0.25) is 0 Å². The van der Waals surface area contributed by atoms with Crippen molar-refractivity contribution in [2.24, 2.45) is 0 Å². The van der Waals surface area contributed by atoms with E-state index in [-0.39, 0.29) is 0 Å². The Morgan fingerprint density at radius 1 is 0.274 bits per heavy atom. The van der Waals surface area contributed by atoms with Crippen LogP contribution >= 0.6 is 0 Å². The SMILES string of the molecule is c1ccc(-c2cccc(-c3ccc(N(c4ccc(-c5ccc6c7ccccc7c7ccccc7c6c5)cc4)c4ccc(-c5ccccc5)c5oc6ccccc6c45)cc3)c2)cc1. The van der Waals surface area contributed by atoms with Crippen molar-refractivity contribution in [1.82, 2.24) is 0 Å². The molecule has 1 aromatic heterocycles. The number of para-hydroxylation sites is 1. The Morgan fingerprint density at radius 3 is 1.31 bits per heavy atom. The second-order valence-corrected chi connectivity index (χ2v) is 16.0. The van der Waals surface area contributed by atoms with Gasteiger partial charge in [-0.3, -0.25) is 0 Å². The van der Waals surface area contributed by atoms with Crippen LogP contribution in [0.25, 0.3) is 98.8 Å². The molecule has 0 aliphatic carbocycles. The van der Waals surface area contributed by atoms with Crippen molar-refractivity contribution in [1.29, 1.82) is 0 Å². The lowest BCUT2D eigenvalue weighted by Crippen LogP contribution is -2.10. The minimum absolute atomic E-state index is 0.868. The Bertz CT molecular complexity index is 3570.